The Morgan fingerprint density at radius 1 is 1.41 bits per heavy atom. The average molecular weight is 309 g/mol. The monoisotopic (exact) mass is 309 g/mol. The summed E-state index contributed by atoms with van der Waals surface area (Å²) in [6.07, 6.45) is -1.05. The van der Waals surface area contributed by atoms with Crippen LogP contribution < -0.4 is 5.73 Å². The van der Waals surface area contributed by atoms with Crippen molar-refractivity contribution in [3.05, 3.63) is 12.7 Å². The Labute approximate surface area is 124 Å². The van der Waals surface area contributed by atoms with Crippen LogP contribution in [0.15, 0.2) is 12.7 Å². The highest BCUT2D eigenvalue weighted by Gasteiger charge is 2.55. The zero-order chi connectivity index (χ0) is 15.9. The summed E-state index contributed by atoms with van der Waals surface area (Å²) in [5.41, 5.74) is 4.62. The van der Waals surface area contributed by atoms with Gasteiger partial charge < -0.3 is 30.6 Å². The average Bonchev–Trinajstić information content (AvgIpc) is 3.04. The number of hydrogen-bond donors (Lipinski definition) is 4. The molecule has 1 aliphatic rings. The van der Waals surface area contributed by atoms with Crippen molar-refractivity contribution in [1.29, 1.82) is 0 Å². The van der Waals surface area contributed by atoms with Gasteiger partial charge in [-0.05, 0) is 0 Å². The van der Waals surface area contributed by atoms with Crippen molar-refractivity contribution in [2.24, 2.45) is 0 Å². The summed E-state index contributed by atoms with van der Waals surface area (Å²) in [5, 5.41) is 29.6. The van der Waals surface area contributed by atoms with Gasteiger partial charge in [0, 0.05) is 0 Å². The van der Waals surface area contributed by atoms with Gasteiger partial charge in [-0.3, -0.25) is 4.57 Å². The molecule has 0 spiro atoms. The Morgan fingerprint density at radius 2 is 2.18 bits per heavy atom. The Morgan fingerprint density at radius 3 is 2.82 bits per heavy atom. The van der Waals surface area contributed by atoms with E-state index in [2.05, 4.69) is 15.0 Å². The number of hydrogen-bond acceptors (Lipinski definition) is 9. The molecule has 10 nitrogen and oxygen atoms in total. The molecular weight excluding hydrogens is 294 g/mol. The second-order valence-corrected chi connectivity index (χ2v) is 5.04. The predicted molar refractivity (Wildman–Crippen MR) is 72.4 cm³/mol. The van der Waals surface area contributed by atoms with Gasteiger partial charge in [0.2, 0.25) is 0 Å². The lowest BCUT2D eigenvalue weighted by molar-refractivity contribution is -0.154. The highest BCUT2D eigenvalue weighted by molar-refractivity contribution is 5.81. The first-order chi connectivity index (χ1) is 10.5. The van der Waals surface area contributed by atoms with Gasteiger partial charge in [0.15, 0.2) is 17.2 Å². The largest absolute Gasteiger partial charge is 0.394 e. The van der Waals surface area contributed by atoms with Crippen LogP contribution in [-0.4, -0.2) is 66.0 Å². The van der Waals surface area contributed by atoms with Crippen LogP contribution in [0.1, 0.15) is 6.42 Å². The van der Waals surface area contributed by atoms with Crippen molar-refractivity contribution in [3.63, 3.8) is 0 Å². The maximum atomic E-state index is 11.1. The third-order valence-electron chi connectivity index (χ3n) is 3.85. The number of aliphatic hydroxyl groups excluding tert-OH is 3. The highest BCUT2D eigenvalue weighted by Crippen LogP contribution is 2.39. The van der Waals surface area contributed by atoms with Gasteiger partial charge in [-0.2, -0.15) is 0 Å². The summed E-state index contributed by atoms with van der Waals surface area (Å²) in [7, 11) is 0. The number of ether oxygens (including phenoxy) is 1. The molecule has 1 saturated heterocycles. The Balaban J connectivity index is 2.19. The topological polar surface area (TPSA) is 157 Å². The van der Waals surface area contributed by atoms with E-state index in [0.29, 0.717) is 6.29 Å². The number of nitrogen functional groups attached to an aromatic ring is 1. The fraction of sp³-hybridized carbons (Fsp3) is 0.500. The second kappa shape index (κ2) is 5.25. The Hall–Kier alpha value is -2.14. The lowest BCUT2D eigenvalue weighted by Gasteiger charge is -2.31. The molecule has 2 aromatic rings. The summed E-state index contributed by atoms with van der Waals surface area (Å²) in [5.74, 6) is 0.136. The molecule has 1 aliphatic heterocycles. The molecule has 0 radical (unpaired) electrons. The molecule has 3 rings (SSSR count). The lowest BCUT2D eigenvalue weighted by Crippen LogP contribution is -2.45. The van der Waals surface area contributed by atoms with Crippen LogP contribution in [0.2, 0.25) is 0 Å². The van der Waals surface area contributed by atoms with E-state index in [4.69, 9.17) is 10.5 Å². The summed E-state index contributed by atoms with van der Waals surface area (Å²) in [6.45, 7) is -0.511. The van der Waals surface area contributed by atoms with Gasteiger partial charge in [0.25, 0.3) is 0 Å². The maximum absolute atomic E-state index is 11.1. The SMILES string of the molecule is Nc1ncnc2c1ncn2[C@]1(CC=O)O[C@H](CO)[C@@H](O)[C@H]1O. The number of aldehydes is 1. The predicted octanol–water partition coefficient (Wildman–Crippen LogP) is -2.24. The third kappa shape index (κ3) is 1.89. The molecule has 4 atom stereocenters. The number of rotatable bonds is 4. The Kier molecular flexibility index (Phi) is 3.53. The fourth-order valence-electron chi connectivity index (χ4n) is 2.73. The maximum Gasteiger partial charge on any atom is 0.183 e. The number of carbonyl (C=O) groups is 1. The van der Waals surface area contributed by atoms with Gasteiger partial charge in [0.05, 0.1) is 19.4 Å². The lowest BCUT2D eigenvalue weighted by atomic mass is 9.99. The van der Waals surface area contributed by atoms with E-state index in [1.54, 1.807) is 0 Å². The van der Waals surface area contributed by atoms with Crippen LogP contribution in [-0.2, 0) is 15.3 Å². The van der Waals surface area contributed by atoms with E-state index in [1.165, 1.54) is 17.2 Å². The van der Waals surface area contributed by atoms with Crippen LogP contribution in [0.4, 0.5) is 5.82 Å². The van der Waals surface area contributed by atoms with Crippen molar-refractivity contribution in [2.45, 2.75) is 30.5 Å². The first-order valence-electron chi connectivity index (χ1n) is 6.57. The molecule has 10 heteroatoms. The first kappa shape index (κ1) is 14.8. The molecule has 2 aromatic heterocycles. The van der Waals surface area contributed by atoms with E-state index in [0.717, 1.165) is 0 Å². The number of anilines is 1. The number of imidazole rings is 1. The number of aromatic nitrogens is 4. The van der Waals surface area contributed by atoms with Crippen LogP contribution in [0, 0.1) is 0 Å². The minimum absolute atomic E-state index is 0.136. The molecule has 3 heterocycles. The number of nitrogens with two attached hydrogens (primary N) is 1. The van der Waals surface area contributed by atoms with E-state index < -0.39 is 30.6 Å². The Bertz CT molecular complexity index is 706. The van der Waals surface area contributed by atoms with Crippen LogP contribution in [0.25, 0.3) is 11.2 Å². The molecular formula is C12H15N5O5. The van der Waals surface area contributed by atoms with Gasteiger partial charge in [0.1, 0.15) is 36.4 Å². The van der Waals surface area contributed by atoms with Crippen molar-refractivity contribution in [3.8, 4) is 0 Å². The molecule has 5 N–H and O–H groups in total. The molecule has 0 unspecified atom stereocenters. The van der Waals surface area contributed by atoms with E-state index in [9.17, 15) is 20.1 Å². The zero-order valence-corrected chi connectivity index (χ0v) is 11.4. The fourth-order valence-corrected chi connectivity index (χ4v) is 2.73. The minimum Gasteiger partial charge on any atom is -0.394 e. The number of nitrogens with zero attached hydrogens (tertiary/aromatic N) is 4. The van der Waals surface area contributed by atoms with Crippen LogP contribution in [0.3, 0.4) is 0 Å². The summed E-state index contributed by atoms with van der Waals surface area (Å²) < 4.78 is 6.93. The van der Waals surface area contributed by atoms with E-state index in [1.807, 2.05) is 0 Å². The first-order valence-corrected chi connectivity index (χ1v) is 6.57. The molecule has 0 amide bonds. The van der Waals surface area contributed by atoms with Gasteiger partial charge in [-0.1, -0.05) is 0 Å². The summed E-state index contributed by atoms with van der Waals surface area (Å²) in [4.78, 5) is 23.0. The van der Waals surface area contributed by atoms with Gasteiger partial charge >= 0.3 is 0 Å². The normalized spacial score (nSPS) is 31.7. The van der Waals surface area contributed by atoms with Crippen LogP contribution in [0.5, 0.6) is 0 Å². The molecule has 1 fully saturated rings. The van der Waals surface area contributed by atoms with Gasteiger partial charge in [-0.25, -0.2) is 15.0 Å². The summed E-state index contributed by atoms with van der Waals surface area (Å²) in [6, 6.07) is 0. The van der Waals surface area contributed by atoms with Crippen molar-refractivity contribution in [2.75, 3.05) is 12.3 Å². The van der Waals surface area contributed by atoms with Crippen molar-refractivity contribution in [1.82, 2.24) is 19.5 Å². The zero-order valence-electron chi connectivity index (χ0n) is 11.4. The minimum atomic E-state index is -1.62. The molecule has 22 heavy (non-hydrogen) atoms. The molecule has 0 bridgehead atoms. The second-order valence-electron chi connectivity index (χ2n) is 5.04. The van der Waals surface area contributed by atoms with Crippen molar-refractivity contribution >= 4 is 23.3 Å². The molecule has 0 saturated carbocycles. The highest BCUT2D eigenvalue weighted by atomic mass is 16.6. The summed E-state index contributed by atoms with van der Waals surface area (Å²) >= 11 is 0. The third-order valence-corrected chi connectivity index (χ3v) is 3.85. The standard InChI is InChI=1S/C12H15N5O5/c13-10-7-11(15-4-14-10)17(5-16-7)12(1-2-18)9(21)8(20)6(3-19)22-12/h2,4-6,8-9,19-21H,1,3H2,(H2,13,14,15)/t6-,8-,9-,12-/m1/s1. The van der Waals surface area contributed by atoms with E-state index >= 15 is 0 Å². The molecule has 0 aliphatic carbocycles. The quantitative estimate of drug-likeness (QED) is 0.458. The van der Waals surface area contributed by atoms with Gasteiger partial charge in [-0.15, -0.1) is 0 Å². The molecule has 0 aromatic carbocycles. The van der Waals surface area contributed by atoms with E-state index in [-0.39, 0.29) is 23.4 Å². The van der Waals surface area contributed by atoms with Crippen LogP contribution >= 0.6 is 0 Å². The number of aliphatic hydroxyl groups is 3. The number of carbonyl (C=O) groups excluding carboxylic acids is 1. The molecule has 118 valence electrons. The number of fused-ring (bicyclic) bond motifs is 1. The van der Waals surface area contributed by atoms with Crippen molar-refractivity contribution < 1.29 is 24.9 Å². The smallest absolute Gasteiger partial charge is 0.183 e.